The highest BCUT2D eigenvalue weighted by Gasteiger charge is 2.42. The van der Waals surface area contributed by atoms with E-state index in [0.29, 0.717) is 30.1 Å². The molecule has 2 aliphatic rings. The second kappa shape index (κ2) is 5.34. The maximum Gasteiger partial charge on any atom is 0.243 e. The van der Waals surface area contributed by atoms with E-state index in [2.05, 4.69) is 5.32 Å². The summed E-state index contributed by atoms with van der Waals surface area (Å²) >= 11 is 0. The molecule has 1 N–H and O–H groups in total. The lowest BCUT2D eigenvalue weighted by molar-refractivity contribution is 0.217. The van der Waals surface area contributed by atoms with E-state index in [1.54, 1.807) is 18.2 Å². The summed E-state index contributed by atoms with van der Waals surface area (Å²) < 4.78 is 41.2. The molecule has 116 valence electrons. The molecule has 0 aliphatic carbocycles. The molecule has 4 nitrogen and oxygen atoms in total. The minimum absolute atomic E-state index is 0.0348. The summed E-state index contributed by atoms with van der Waals surface area (Å²) in [4.78, 5) is 0.274. The van der Waals surface area contributed by atoms with Crippen LogP contribution < -0.4 is 5.32 Å². The van der Waals surface area contributed by atoms with Crippen LogP contribution in [-0.4, -0.2) is 38.4 Å². The molecular weight excluding hydrogens is 291 g/mol. The van der Waals surface area contributed by atoms with Crippen LogP contribution in [0.3, 0.4) is 0 Å². The number of sulfonamides is 1. The van der Waals surface area contributed by atoms with E-state index in [9.17, 15) is 12.8 Å². The van der Waals surface area contributed by atoms with E-state index in [1.165, 1.54) is 12.1 Å². The molecule has 0 amide bonds. The van der Waals surface area contributed by atoms with Gasteiger partial charge in [0.25, 0.3) is 0 Å². The van der Waals surface area contributed by atoms with Gasteiger partial charge in [0.05, 0.1) is 4.90 Å². The van der Waals surface area contributed by atoms with Gasteiger partial charge in [-0.2, -0.15) is 4.31 Å². The molecule has 0 spiro atoms. The minimum atomic E-state index is -3.57. The molecule has 3 rings (SSSR count). The van der Waals surface area contributed by atoms with Gasteiger partial charge < -0.3 is 5.32 Å². The Hall–Kier alpha value is -0.980. The highest BCUT2D eigenvalue weighted by Crippen LogP contribution is 2.33. The van der Waals surface area contributed by atoms with E-state index in [0.717, 1.165) is 19.4 Å². The molecule has 2 aliphatic heterocycles. The van der Waals surface area contributed by atoms with Crippen LogP contribution in [0, 0.1) is 25.6 Å². The summed E-state index contributed by atoms with van der Waals surface area (Å²) in [7, 11) is -3.57. The second-order valence-electron chi connectivity index (χ2n) is 6.11. The molecule has 21 heavy (non-hydrogen) atoms. The normalized spacial score (nSPS) is 26.8. The summed E-state index contributed by atoms with van der Waals surface area (Å²) in [5.74, 6) is 0.0117. The Morgan fingerprint density at radius 1 is 1.24 bits per heavy atom. The SMILES string of the molecule is Cc1cc(F)cc(C)c1S(=O)(=O)N1CCCC2CNCC21. The monoisotopic (exact) mass is 312 g/mol. The molecule has 2 fully saturated rings. The van der Waals surface area contributed by atoms with E-state index in [4.69, 9.17) is 0 Å². The highest BCUT2D eigenvalue weighted by molar-refractivity contribution is 7.89. The van der Waals surface area contributed by atoms with Crippen molar-refractivity contribution in [1.82, 2.24) is 9.62 Å². The van der Waals surface area contributed by atoms with Crippen LogP contribution in [0.1, 0.15) is 24.0 Å². The molecule has 2 heterocycles. The predicted molar refractivity (Wildman–Crippen MR) is 79.1 cm³/mol. The van der Waals surface area contributed by atoms with Gasteiger partial charge in [0.1, 0.15) is 5.82 Å². The first-order valence-corrected chi connectivity index (χ1v) is 8.84. The Morgan fingerprint density at radius 2 is 1.90 bits per heavy atom. The Bertz CT molecular complexity index is 637. The Kier molecular flexibility index (Phi) is 3.80. The molecule has 0 aromatic heterocycles. The maximum atomic E-state index is 13.4. The van der Waals surface area contributed by atoms with Crippen LogP contribution in [0.2, 0.25) is 0 Å². The maximum absolute atomic E-state index is 13.4. The Morgan fingerprint density at radius 3 is 2.57 bits per heavy atom. The third kappa shape index (κ3) is 2.49. The first-order valence-electron chi connectivity index (χ1n) is 7.40. The van der Waals surface area contributed by atoms with Gasteiger partial charge in [-0.1, -0.05) is 0 Å². The van der Waals surface area contributed by atoms with E-state index >= 15 is 0 Å². The van der Waals surface area contributed by atoms with Crippen LogP contribution in [-0.2, 0) is 10.0 Å². The molecule has 2 saturated heterocycles. The quantitative estimate of drug-likeness (QED) is 0.906. The molecule has 2 atom stereocenters. The number of fused-ring (bicyclic) bond motifs is 1. The summed E-state index contributed by atoms with van der Waals surface area (Å²) in [6, 6.07) is 2.63. The third-order valence-corrected chi connectivity index (χ3v) is 6.85. The number of hydrogen-bond donors (Lipinski definition) is 1. The van der Waals surface area contributed by atoms with Gasteiger partial charge in [0.2, 0.25) is 10.0 Å². The summed E-state index contributed by atoms with van der Waals surface area (Å²) in [5, 5.41) is 3.29. The average Bonchev–Trinajstić information content (AvgIpc) is 2.84. The van der Waals surface area contributed by atoms with Crippen molar-refractivity contribution in [3.8, 4) is 0 Å². The fourth-order valence-electron chi connectivity index (χ4n) is 3.75. The van der Waals surface area contributed by atoms with Crippen LogP contribution in [0.4, 0.5) is 4.39 Å². The van der Waals surface area contributed by atoms with Crippen molar-refractivity contribution in [2.45, 2.75) is 37.6 Å². The third-order valence-electron chi connectivity index (χ3n) is 4.62. The summed E-state index contributed by atoms with van der Waals surface area (Å²) in [6.07, 6.45) is 1.96. The number of aryl methyl sites for hydroxylation is 2. The van der Waals surface area contributed by atoms with Crippen LogP contribution in [0.15, 0.2) is 17.0 Å². The van der Waals surface area contributed by atoms with E-state index < -0.39 is 10.0 Å². The molecule has 1 aromatic rings. The van der Waals surface area contributed by atoms with E-state index in [1.807, 2.05) is 0 Å². The highest BCUT2D eigenvalue weighted by atomic mass is 32.2. The van der Waals surface area contributed by atoms with Crippen molar-refractivity contribution in [3.05, 3.63) is 29.1 Å². The van der Waals surface area contributed by atoms with E-state index in [-0.39, 0.29) is 16.8 Å². The molecule has 0 radical (unpaired) electrons. The Balaban J connectivity index is 2.04. The molecule has 1 aromatic carbocycles. The molecule has 6 heteroatoms. The lowest BCUT2D eigenvalue weighted by atomic mass is 9.94. The summed E-state index contributed by atoms with van der Waals surface area (Å²) in [6.45, 7) is 5.48. The van der Waals surface area contributed by atoms with Crippen molar-refractivity contribution >= 4 is 10.0 Å². The zero-order valence-electron chi connectivity index (χ0n) is 12.4. The molecular formula is C15H21FN2O2S. The van der Waals surface area contributed by atoms with Gasteiger partial charge in [-0.25, -0.2) is 12.8 Å². The first kappa shape index (κ1) is 14.9. The molecule has 0 bridgehead atoms. The number of hydrogen-bond acceptors (Lipinski definition) is 3. The fourth-order valence-corrected chi connectivity index (χ4v) is 5.88. The number of benzene rings is 1. The lowest BCUT2D eigenvalue weighted by Crippen LogP contribution is -2.48. The van der Waals surface area contributed by atoms with Gasteiger partial charge in [-0.15, -0.1) is 0 Å². The van der Waals surface area contributed by atoms with Crippen LogP contribution in [0.5, 0.6) is 0 Å². The van der Waals surface area contributed by atoms with Crippen molar-refractivity contribution in [2.75, 3.05) is 19.6 Å². The predicted octanol–water partition coefficient (Wildman–Crippen LogP) is 1.82. The average molecular weight is 312 g/mol. The van der Waals surface area contributed by atoms with Crippen molar-refractivity contribution in [1.29, 1.82) is 0 Å². The van der Waals surface area contributed by atoms with Gasteiger partial charge >= 0.3 is 0 Å². The number of nitrogens with zero attached hydrogens (tertiary/aromatic N) is 1. The fraction of sp³-hybridized carbons (Fsp3) is 0.600. The first-order chi connectivity index (χ1) is 9.91. The Labute approximate surface area is 125 Å². The minimum Gasteiger partial charge on any atom is -0.315 e. The van der Waals surface area contributed by atoms with Gasteiger partial charge in [0.15, 0.2) is 0 Å². The van der Waals surface area contributed by atoms with Crippen molar-refractivity contribution in [3.63, 3.8) is 0 Å². The standard InChI is InChI=1S/C15H21FN2O2S/c1-10-6-13(16)7-11(2)15(10)21(19,20)18-5-3-4-12-8-17-9-14(12)18/h6-7,12,14,17H,3-5,8-9H2,1-2H3. The molecule has 0 saturated carbocycles. The lowest BCUT2D eigenvalue weighted by Gasteiger charge is -2.36. The second-order valence-corrected chi connectivity index (χ2v) is 7.94. The van der Waals surface area contributed by atoms with Crippen LogP contribution in [0.25, 0.3) is 0 Å². The topological polar surface area (TPSA) is 49.4 Å². The zero-order chi connectivity index (χ0) is 15.2. The van der Waals surface area contributed by atoms with Gasteiger partial charge in [-0.3, -0.25) is 0 Å². The smallest absolute Gasteiger partial charge is 0.243 e. The van der Waals surface area contributed by atoms with Crippen molar-refractivity contribution in [2.24, 2.45) is 5.92 Å². The number of halogens is 1. The number of nitrogens with one attached hydrogen (secondary N) is 1. The summed E-state index contributed by atoms with van der Waals surface area (Å²) in [5.41, 5.74) is 0.973. The van der Waals surface area contributed by atoms with Gasteiger partial charge in [-0.05, 0) is 62.4 Å². The molecule has 2 unspecified atom stereocenters. The number of rotatable bonds is 2. The van der Waals surface area contributed by atoms with Crippen molar-refractivity contribution < 1.29 is 12.8 Å². The van der Waals surface area contributed by atoms with Crippen LogP contribution >= 0.6 is 0 Å². The van der Waals surface area contributed by atoms with Gasteiger partial charge in [0, 0.05) is 19.1 Å². The largest absolute Gasteiger partial charge is 0.315 e. The number of piperidine rings is 1. The zero-order valence-corrected chi connectivity index (χ0v) is 13.2.